The molecule has 2 unspecified atom stereocenters. The number of hydrogen-bond donors (Lipinski definition) is 1. The normalized spacial score (nSPS) is 22.0. The van der Waals surface area contributed by atoms with Gasteiger partial charge in [-0.15, -0.1) is 11.8 Å². The van der Waals surface area contributed by atoms with E-state index in [4.69, 9.17) is 0 Å². The maximum Gasteiger partial charge on any atom is 0.248 e. The lowest BCUT2D eigenvalue weighted by Gasteiger charge is -2.37. The van der Waals surface area contributed by atoms with E-state index in [2.05, 4.69) is 17.2 Å². The lowest BCUT2D eigenvalue weighted by molar-refractivity contribution is -0.149. The number of hydrogen-bond acceptors (Lipinski definition) is 2. The highest BCUT2D eigenvalue weighted by molar-refractivity contribution is 5.97. The molecule has 2 atom stereocenters. The van der Waals surface area contributed by atoms with Gasteiger partial charge in [0.2, 0.25) is 11.8 Å². The van der Waals surface area contributed by atoms with Gasteiger partial charge in [-0.05, 0) is 19.4 Å². The van der Waals surface area contributed by atoms with Crippen molar-refractivity contribution >= 4 is 11.8 Å². The summed E-state index contributed by atoms with van der Waals surface area (Å²) < 4.78 is 0. The molecule has 4 nitrogen and oxygen atoms in total. The van der Waals surface area contributed by atoms with Gasteiger partial charge in [0, 0.05) is 13.0 Å². The Morgan fingerprint density at radius 3 is 2.60 bits per heavy atom. The average molecular weight is 270 g/mol. The molecule has 1 fully saturated rings. The van der Waals surface area contributed by atoms with E-state index in [1.54, 1.807) is 18.7 Å². The van der Waals surface area contributed by atoms with Crippen LogP contribution in [0.5, 0.6) is 0 Å². The third-order valence-electron chi connectivity index (χ3n) is 3.34. The highest BCUT2D eigenvalue weighted by atomic mass is 16.2. The summed E-state index contributed by atoms with van der Waals surface area (Å²) >= 11 is 0. The summed E-state index contributed by atoms with van der Waals surface area (Å²) in [5, 5.41) is 2.73. The van der Waals surface area contributed by atoms with E-state index in [-0.39, 0.29) is 11.8 Å². The lowest BCUT2D eigenvalue weighted by atomic mass is 10.00. The molecule has 1 N–H and O–H groups in total. The Bertz CT molecular complexity index is 557. The van der Waals surface area contributed by atoms with Crippen molar-refractivity contribution in [2.24, 2.45) is 0 Å². The summed E-state index contributed by atoms with van der Waals surface area (Å²) in [5.74, 6) is 5.56. The van der Waals surface area contributed by atoms with Gasteiger partial charge in [-0.2, -0.15) is 0 Å². The standard InChI is InChI=1S/C16H18N2O2/c1-3-4-8-11-18-14(13-9-6-5-7-10-13)15(19)17-12(2)16(18)20/h5-7,9-10,12,14H,8,11H2,1-2H3,(H,17,19). The van der Waals surface area contributed by atoms with Crippen LogP contribution in [0.1, 0.15) is 31.9 Å². The van der Waals surface area contributed by atoms with E-state index >= 15 is 0 Å². The van der Waals surface area contributed by atoms with Crippen molar-refractivity contribution in [2.75, 3.05) is 6.54 Å². The van der Waals surface area contributed by atoms with Gasteiger partial charge in [-0.3, -0.25) is 9.59 Å². The molecule has 1 saturated heterocycles. The molecule has 2 amide bonds. The summed E-state index contributed by atoms with van der Waals surface area (Å²) in [5.41, 5.74) is 0.828. The monoisotopic (exact) mass is 270 g/mol. The van der Waals surface area contributed by atoms with Crippen LogP contribution < -0.4 is 5.32 Å². The zero-order valence-electron chi connectivity index (χ0n) is 11.7. The number of carbonyl (C=O) groups excluding carboxylic acids is 2. The van der Waals surface area contributed by atoms with Crippen LogP contribution in [0, 0.1) is 11.8 Å². The molecule has 1 aromatic carbocycles. The van der Waals surface area contributed by atoms with Crippen LogP contribution in [0.4, 0.5) is 0 Å². The van der Waals surface area contributed by atoms with Crippen molar-refractivity contribution < 1.29 is 9.59 Å². The fourth-order valence-electron chi connectivity index (χ4n) is 2.38. The van der Waals surface area contributed by atoms with Gasteiger partial charge in [-0.25, -0.2) is 0 Å². The Morgan fingerprint density at radius 1 is 1.25 bits per heavy atom. The molecule has 0 radical (unpaired) electrons. The predicted octanol–water partition coefficient (Wildman–Crippen LogP) is 1.49. The van der Waals surface area contributed by atoms with E-state index in [1.165, 1.54) is 0 Å². The fraction of sp³-hybridized carbons (Fsp3) is 0.375. The van der Waals surface area contributed by atoms with E-state index in [9.17, 15) is 9.59 Å². The first kappa shape index (κ1) is 14.1. The Hall–Kier alpha value is -2.28. The molecule has 20 heavy (non-hydrogen) atoms. The third kappa shape index (κ3) is 2.83. The van der Waals surface area contributed by atoms with Crippen molar-refractivity contribution in [1.29, 1.82) is 0 Å². The van der Waals surface area contributed by atoms with E-state index in [1.807, 2.05) is 30.3 Å². The Balaban J connectivity index is 2.30. The molecule has 0 saturated carbocycles. The van der Waals surface area contributed by atoms with E-state index in [0.29, 0.717) is 13.0 Å². The summed E-state index contributed by atoms with van der Waals surface area (Å²) in [7, 11) is 0. The minimum Gasteiger partial charge on any atom is -0.342 e. The Labute approximate surface area is 119 Å². The van der Waals surface area contributed by atoms with Crippen LogP contribution >= 0.6 is 0 Å². The minimum atomic E-state index is -0.557. The van der Waals surface area contributed by atoms with Crippen LogP contribution in [0.15, 0.2) is 30.3 Å². The molecule has 4 heteroatoms. The number of carbonyl (C=O) groups is 2. The SMILES string of the molecule is CC#CCCN1C(=O)C(C)NC(=O)C1c1ccccc1. The largest absolute Gasteiger partial charge is 0.342 e. The van der Waals surface area contributed by atoms with E-state index < -0.39 is 12.1 Å². The molecule has 0 aromatic heterocycles. The maximum atomic E-state index is 12.3. The summed E-state index contributed by atoms with van der Waals surface area (Å²) in [6.45, 7) is 3.94. The molecule has 1 aromatic rings. The number of nitrogens with one attached hydrogen (secondary N) is 1. The molecule has 104 valence electrons. The molecule has 1 heterocycles. The van der Waals surface area contributed by atoms with Crippen molar-refractivity contribution in [3.8, 4) is 11.8 Å². The van der Waals surface area contributed by atoms with Gasteiger partial charge in [0.1, 0.15) is 12.1 Å². The predicted molar refractivity (Wildman–Crippen MR) is 76.6 cm³/mol. The highest BCUT2D eigenvalue weighted by Crippen LogP contribution is 2.25. The van der Waals surface area contributed by atoms with Crippen LogP contribution in [0.2, 0.25) is 0 Å². The Morgan fingerprint density at radius 2 is 1.95 bits per heavy atom. The van der Waals surface area contributed by atoms with Crippen molar-refractivity contribution in [1.82, 2.24) is 10.2 Å². The molecular weight excluding hydrogens is 252 g/mol. The van der Waals surface area contributed by atoms with Crippen LogP contribution in [-0.4, -0.2) is 29.3 Å². The van der Waals surface area contributed by atoms with Crippen molar-refractivity contribution in [3.63, 3.8) is 0 Å². The Kier molecular flexibility index (Phi) is 4.41. The molecule has 1 aliphatic heterocycles. The third-order valence-corrected chi connectivity index (χ3v) is 3.34. The van der Waals surface area contributed by atoms with Crippen molar-refractivity contribution in [2.45, 2.75) is 32.4 Å². The van der Waals surface area contributed by atoms with Gasteiger partial charge in [0.05, 0.1) is 0 Å². The van der Waals surface area contributed by atoms with Crippen LogP contribution in [0.25, 0.3) is 0 Å². The van der Waals surface area contributed by atoms with Crippen LogP contribution in [-0.2, 0) is 9.59 Å². The fourth-order valence-corrected chi connectivity index (χ4v) is 2.38. The van der Waals surface area contributed by atoms with E-state index in [0.717, 1.165) is 5.56 Å². The molecule has 2 rings (SSSR count). The molecule has 0 aliphatic carbocycles. The number of rotatable bonds is 3. The number of nitrogens with zero attached hydrogens (tertiary/aromatic N) is 1. The number of benzene rings is 1. The number of piperazine rings is 1. The zero-order valence-corrected chi connectivity index (χ0v) is 11.7. The molecule has 0 spiro atoms. The summed E-state index contributed by atoms with van der Waals surface area (Å²) in [6.07, 6.45) is 0.575. The highest BCUT2D eigenvalue weighted by Gasteiger charge is 2.38. The molecule has 1 aliphatic rings. The second kappa shape index (κ2) is 6.25. The summed E-state index contributed by atoms with van der Waals surface area (Å²) in [6, 6.07) is 8.33. The first-order valence-corrected chi connectivity index (χ1v) is 6.70. The smallest absolute Gasteiger partial charge is 0.248 e. The topological polar surface area (TPSA) is 49.4 Å². The zero-order chi connectivity index (χ0) is 14.5. The van der Waals surface area contributed by atoms with Gasteiger partial charge in [-0.1, -0.05) is 30.3 Å². The first-order chi connectivity index (χ1) is 9.65. The second-order valence-corrected chi connectivity index (χ2v) is 4.75. The maximum absolute atomic E-state index is 12.3. The minimum absolute atomic E-state index is 0.0589. The van der Waals surface area contributed by atoms with Crippen molar-refractivity contribution in [3.05, 3.63) is 35.9 Å². The first-order valence-electron chi connectivity index (χ1n) is 6.70. The van der Waals surface area contributed by atoms with Gasteiger partial charge in [0.25, 0.3) is 0 Å². The lowest BCUT2D eigenvalue weighted by Crippen LogP contribution is -2.58. The second-order valence-electron chi connectivity index (χ2n) is 4.75. The average Bonchev–Trinajstić information content (AvgIpc) is 2.45. The van der Waals surface area contributed by atoms with Crippen LogP contribution in [0.3, 0.4) is 0 Å². The molecular formula is C16H18N2O2. The quantitative estimate of drug-likeness (QED) is 0.846. The van der Waals surface area contributed by atoms with Gasteiger partial charge >= 0.3 is 0 Å². The van der Waals surface area contributed by atoms with Gasteiger partial charge < -0.3 is 10.2 Å². The van der Waals surface area contributed by atoms with Gasteiger partial charge in [0.15, 0.2) is 0 Å². The molecule has 0 bridgehead atoms. The number of amides is 2. The summed E-state index contributed by atoms with van der Waals surface area (Å²) in [4.78, 5) is 26.2.